The minimum absolute atomic E-state index is 0.0107. The fraction of sp³-hybridized carbons (Fsp3) is 0.828. The van der Waals surface area contributed by atoms with Crippen LogP contribution < -0.4 is 16.0 Å². The van der Waals surface area contributed by atoms with E-state index < -0.39 is 30.0 Å². The highest BCUT2D eigenvalue weighted by molar-refractivity contribution is 5.84. The molecule has 11 nitrogen and oxygen atoms in total. The number of likely N-dealkylation sites (N-methyl/N-ethyl adjacent to an activating group) is 1. The van der Waals surface area contributed by atoms with E-state index in [2.05, 4.69) is 16.0 Å². The van der Waals surface area contributed by atoms with Gasteiger partial charge in [-0.25, -0.2) is 4.79 Å². The van der Waals surface area contributed by atoms with Crippen molar-refractivity contribution in [3.05, 3.63) is 0 Å². The molecular formula is C29H53N3O8. The van der Waals surface area contributed by atoms with Crippen LogP contribution in [0.5, 0.6) is 0 Å². The number of aliphatic carboxylic acids is 3. The van der Waals surface area contributed by atoms with Crippen LogP contribution in [-0.2, 0) is 24.0 Å². The number of rotatable bonds is 28. The predicted octanol–water partition coefficient (Wildman–Crippen LogP) is 4.23. The van der Waals surface area contributed by atoms with Crippen molar-refractivity contribution in [1.82, 2.24) is 16.0 Å². The largest absolute Gasteiger partial charge is 0.481 e. The highest BCUT2D eigenvalue weighted by atomic mass is 16.4. The molecule has 40 heavy (non-hydrogen) atoms. The zero-order valence-electron chi connectivity index (χ0n) is 24.4. The van der Waals surface area contributed by atoms with Crippen LogP contribution in [0, 0.1) is 0 Å². The molecule has 0 spiro atoms. The van der Waals surface area contributed by atoms with Crippen LogP contribution >= 0.6 is 0 Å². The summed E-state index contributed by atoms with van der Waals surface area (Å²) in [5.41, 5.74) is 0. The topological polar surface area (TPSA) is 182 Å². The van der Waals surface area contributed by atoms with Gasteiger partial charge in [0.1, 0.15) is 12.1 Å². The second-order valence-electron chi connectivity index (χ2n) is 10.4. The molecule has 0 aromatic rings. The number of hydrogen-bond donors (Lipinski definition) is 6. The van der Waals surface area contributed by atoms with E-state index in [1.54, 1.807) is 0 Å². The molecule has 0 fully saturated rings. The van der Waals surface area contributed by atoms with Crippen molar-refractivity contribution in [1.29, 1.82) is 0 Å². The Morgan fingerprint density at radius 1 is 0.550 bits per heavy atom. The highest BCUT2D eigenvalue weighted by Gasteiger charge is 2.21. The van der Waals surface area contributed by atoms with Crippen molar-refractivity contribution < 1.29 is 39.3 Å². The Hall–Kier alpha value is -2.69. The number of amides is 2. The fourth-order valence-electron chi connectivity index (χ4n) is 4.48. The molecule has 6 N–H and O–H groups in total. The molecule has 0 aromatic carbocycles. The summed E-state index contributed by atoms with van der Waals surface area (Å²) in [6.45, 7) is 2.79. The first-order valence-corrected chi connectivity index (χ1v) is 15.1. The third-order valence-electron chi connectivity index (χ3n) is 6.83. The van der Waals surface area contributed by atoms with Gasteiger partial charge in [0.05, 0.1) is 0 Å². The maximum atomic E-state index is 12.2. The Kier molecular flexibility index (Phi) is 23.6. The minimum Gasteiger partial charge on any atom is -0.481 e. The molecule has 0 aliphatic heterocycles. The summed E-state index contributed by atoms with van der Waals surface area (Å²) in [6, 6.07) is -1.71. The van der Waals surface area contributed by atoms with Gasteiger partial charge in [-0.15, -0.1) is 0 Å². The van der Waals surface area contributed by atoms with Crippen LogP contribution in [0.15, 0.2) is 0 Å². The zero-order valence-corrected chi connectivity index (χ0v) is 24.4. The lowest BCUT2D eigenvalue weighted by molar-refractivity contribution is -0.142. The molecule has 11 heteroatoms. The Morgan fingerprint density at radius 3 is 1.52 bits per heavy atom. The maximum absolute atomic E-state index is 12.2. The Balaban J connectivity index is 3.81. The lowest BCUT2D eigenvalue weighted by atomic mass is 10.0. The summed E-state index contributed by atoms with van der Waals surface area (Å²) in [4.78, 5) is 57.3. The lowest BCUT2D eigenvalue weighted by Gasteiger charge is -2.15. The molecule has 232 valence electrons. The fourth-order valence-corrected chi connectivity index (χ4v) is 4.48. The summed E-state index contributed by atoms with van der Waals surface area (Å²) >= 11 is 0. The second kappa shape index (κ2) is 25.3. The first kappa shape index (κ1) is 37.3. The molecular weight excluding hydrogens is 518 g/mol. The van der Waals surface area contributed by atoms with Crippen molar-refractivity contribution >= 4 is 29.7 Å². The van der Waals surface area contributed by atoms with Crippen LogP contribution in [0.1, 0.15) is 129 Å². The summed E-state index contributed by atoms with van der Waals surface area (Å²) < 4.78 is 0. The van der Waals surface area contributed by atoms with Crippen molar-refractivity contribution in [2.45, 2.75) is 141 Å². The molecule has 0 aliphatic carbocycles. The van der Waals surface area contributed by atoms with E-state index in [0.717, 1.165) is 51.4 Å². The summed E-state index contributed by atoms with van der Waals surface area (Å²) in [5, 5.41) is 35.2. The first-order chi connectivity index (χ1) is 19.2. The quantitative estimate of drug-likeness (QED) is 0.0748. The summed E-state index contributed by atoms with van der Waals surface area (Å²) in [5.74, 6) is -3.39. The molecule has 0 saturated carbocycles. The van der Waals surface area contributed by atoms with Crippen molar-refractivity contribution in [3.8, 4) is 0 Å². The number of carboxylic acid groups (broad SMARTS) is 3. The normalized spacial score (nSPS) is 12.4. The van der Waals surface area contributed by atoms with Gasteiger partial charge in [0.15, 0.2) is 0 Å². The molecule has 0 radical (unpaired) electrons. The molecule has 0 bridgehead atoms. The molecule has 2 atom stereocenters. The smallest absolute Gasteiger partial charge is 0.326 e. The monoisotopic (exact) mass is 571 g/mol. The third-order valence-corrected chi connectivity index (χ3v) is 6.83. The number of nitrogens with one attached hydrogen (secondary N) is 3. The van der Waals surface area contributed by atoms with Gasteiger partial charge >= 0.3 is 17.9 Å². The van der Waals surface area contributed by atoms with E-state index in [1.807, 2.05) is 6.92 Å². The van der Waals surface area contributed by atoms with E-state index in [-0.39, 0.29) is 37.5 Å². The van der Waals surface area contributed by atoms with Gasteiger partial charge in [0, 0.05) is 25.8 Å². The van der Waals surface area contributed by atoms with E-state index >= 15 is 0 Å². The van der Waals surface area contributed by atoms with E-state index in [0.29, 0.717) is 38.8 Å². The van der Waals surface area contributed by atoms with E-state index in [9.17, 15) is 29.1 Å². The number of carboxylic acids is 3. The van der Waals surface area contributed by atoms with Crippen LogP contribution in [0.3, 0.4) is 0 Å². The molecule has 0 heterocycles. The molecule has 0 saturated heterocycles. The van der Waals surface area contributed by atoms with Gasteiger partial charge < -0.3 is 31.3 Å². The van der Waals surface area contributed by atoms with Gasteiger partial charge in [0.25, 0.3) is 0 Å². The molecule has 0 unspecified atom stereocenters. The van der Waals surface area contributed by atoms with Gasteiger partial charge in [0.2, 0.25) is 11.8 Å². The predicted molar refractivity (Wildman–Crippen MR) is 153 cm³/mol. The molecule has 0 rings (SSSR count). The SMILES string of the molecule is CCN[C@@H](CCCCNC(=O)CC[C@H](NC(=O)CCCCCCCCCCCCCCC(=O)O)C(=O)O)C(=O)O. The standard InChI is InChI=1S/C29H53N3O8/c1-2-30-23(28(37)38)17-15-16-22-31-25(33)21-20-24(29(39)40)32-26(34)18-13-11-9-7-5-3-4-6-8-10-12-14-19-27(35)36/h23-24,30H,2-22H2,1H3,(H,31,33)(H,32,34)(H,35,36)(H,37,38)(H,39,40)/t23-,24-/m0/s1. The van der Waals surface area contributed by atoms with Gasteiger partial charge in [-0.05, 0) is 45.1 Å². The summed E-state index contributed by atoms with van der Waals surface area (Å²) in [7, 11) is 0. The van der Waals surface area contributed by atoms with E-state index in [1.165, 1.54) is 19.3 Å². The number of unbranched alkanes of at least 4 members (excludes halogenated alkanes) is 12. The minimum atomic E-state index is -1.16. The van der Waals surface area contributed by atoms with Gasteiger partial charge in [-0.1, -0.05) is 71.1 Å². The maximum Gasteiger partial charge on any atom is 0.326 e. The zero-order chi connectivity index (χ0) is 30.0. The summed E-state index contributed by atoms with van der Waals surface area (Å²) in [6.07, 6.45) is 14.7. The van der Waals surface area contributed by atoms with Crippen molar-refractivity contribution in [3.63, 3.8) is 0 Å². The van der Waals surface area contributed by atoms with Crippen LogP contribution in [-0.4, -0.2) is 70.2 Å². The lowest BCUT2D eigenvalue weighted by Crippen LogP contribution is -2.41. The van der Waals surface area contributed by atoms with Gasteiger partial charge in [-0.3, -0.25) is 19.2 Å². The van der Waals surface area contributed by atoms with Crippen LogP contribution in [0.2, 0.25) is 0 Å². The average molecular weight is 572 g/mol. The second-order valence-corrected chi connectivity index (χ2v) is 10.4. The Morgan fingerprint density at radius 2 is 1.05 bits per heavy atom. The number of hydrogen-bond acceptors (Lipinski definition) is 6. The average Bonchev–Trinajstić information content (AvgIpc) is 2.89. The third kappa shape index (κ3) is 23.2. The molecule has 2 amide bonds. The van der Waals surface area contributed by atoms with E-state index in [4.69, 9.17) is 10.2 Å². The number of carbonyl (C=O) groups is 5. The van der Waals surface area contributed by atoms with Crippen LogP contribution in [0.4, 0.5) is 0 Å². The first-order valence-electron chi connectivity index (χ1n) is 15.1. The Bertz CT molecular complexity index is 732. The van der Waals surface area contributed by atoms with Crippen molar-refractivity contribution in [2.24, 2.45) is 0 Å². The Labute approximate surface area is 239 Å². The van der Waals surface area contributed by atoms with Crippen LogP contribution in [0.25, 0.3) is 0 Å². The van der Waals surface area contributed by atoms with Gasteiger partial charge in [-0.2, -0.15) is 0 Å². The van der Waals surface area contributed by atoms with Crippen molar-refractivity contribution in [2.75, 3.05) is 13.1 Å². The highest BCUT2D eigenvalue weighted by Crippen LogP contribution is 2.13. The molecule has 0 aromatic heterocycles. The number of carbonyl (C=O) groups excluding carboxylic acids is 2. The molecule has 0 aliphatic rings.